The van der Waals surface area contributed by atoms with Crippen LogP contribution in [0.15, 0.2) is 46.2 Å². The van der Waals surface area contributed by atoms with Gasteiger partial charge in [-0.05, 0) is 30.3 Å². The van der Waals surface area contributed by atoms with Crippen molar-refractivity contribution in [1.82, 2.24) is 8.61 Å². The van der Waals surface area contributed by atoms with Crippen molar-refractivity contribution in [2.45, 2.75) is 9.79 Å². The standard InChI is InChI=1S/C18H20Cl2N2O6S2/c1-27-14-4-6-17(16(12-14)28-2)29(23,24)21-7-9-22(10-8-21)30(25,26)18-11-13(19)3-5-15(18)20/h3-6,11-12H,7-10H2,1-2H3. The normalized spacial score (nSPS) is 16.4. The maximum absolute atomic E-state index is 13.1. The van der Waals surface area contributed by atoms with Crippen LogP contribution in [0.2, 0.25) is 10.0 Å². The Kier molecular flexibility index (Phi) is 6.85. The van der Waals surface area contributed by atoms with E-state index in [0.717, 1.165) is 0 Å². The van der Waals surface area contributed by atoms with E-state index in [9.17, 15) is 16.8 Å². The number of nitrogens with zero attached hydrogens (tertiary/aromatic N) is 2. The number of benzene rings is 2. The van der Waals surface area contributed by atoms with Crippen LogP contribution in [0, 0.1) is 0 Å². The van der Waals surface area contributed by atoms with E-state index >= 15 is 0 Å². The van der Waals surface area contributed by atoms with Crippen LogP contribution >= 0.6 is 23.2 Å². The molecule has 3 rings (SSSR count). The minimum Gasteiger partial charge on any atom is -0.497 e. The molecule has 2 aromatic carbocycles. The summed E-state index contributed by atoms with van der Waals surface area (Å²) >= 11 is 12.0. The number of piperazine rings is 1. The van der Waals surface area contributed by atoms with Gasteiger partial charge in [0.2, 0.25) is 20.0 Å². The third kappa shape index (κ3) is 4.39. The molecule has 8 nitrogen and oxygen atoms in total. The molecule has 0 radical (unpaired) electrons. The van der Waals surface area contributed by atoms with Gasteiger partial charge in [-0.2, -0.15) is 8.61 Å². The Balaban J connectivity index is 1.82. The van der Waals surface area contributed by atoms with E-state index in [1.807, 2.05) is 0 Å². The lowest BCUT2D eigenvalue weighted by Gasteiger charge is -2.33. The molecule has 0 bridgehead atoms. The number of sulfonamides is 2. The highest BCUT2D eigenvalue weighted by Gasteiger charge is 2.35. The van der Waals surface area contributed by atoms with E-state index in [1.54, 1.807) is 0 Å². The summed E-state index contributed by atoms with van der Waals surface area (Å²) < 4.78 is 64.8. The summed E-state index contributed by atoms with van der Waals surface area (Å²) in [6.45, 7) is -0.0877. The first-order valence-electron chi connectivity index (χ1n) is 8.78. The third-order valence-corrected chi connectivity index (χ3v) is 9.25. The molecule has 12 heteroatoms. The molecule has 0 amide bonds. The van der Waals surface area contributed by atoms with Gasteiger partial charge < -0.3 is 9.47 Å². The van der Waals surface area contributed by atoms with E-state index in [4.69, 9.17) is 32.7 Å². The third-order valence-electron chi connectivity index (χ3n) is 4.70. The van der Waals surface area contributed by atoms with Gasteiger partial charge in [-0.1, -0.05) is 23.2 Å². The predicted octanol–water partition coefficient (Wildman–Crippen LogP) is 2.71. The zero-order valence-corrected chi connectivity index (χ0v) is 19.4. The molecule has 2 aromatic rings. The average Bonchev–Trinajstić information content (AvgIpc) is 2.74. The number of halogens is 2. The smallest absolute Gasteiger partial charge is 0.246 e. The Morgan fingerprint density at radius 1 is 0.767 bits per heavy atom. The van der Waals surface area contributed by atoms with Crippen molar-refractivity contribution >= 4 is 43.2 Å². The quantitative estimate of drug-likeness (QED) is 0.612. The van der Waals surface area contributed by atoms with E-state index in [-0.39, 0.29) is 51.8 Å². The Bertz CT molecular complexity index is 1150. The fraction of sp³-hybridized carbons (Fsp3) is 0.333. The number of ether oxygens (including phenoxy) is 2. The Labute approximate surface area is 186 Å². The molecule has 0 unspecified atom stereocenters. The molecule has 0 atom stereocenters. The zero-order chi connectivity index (χ0) is 22.1. The maximum atomic E-state index is 13.1. The molecule has 0 aromatic heterocycles. The van der Waals surface area contributed by atoms with Crippen LogP contribution < -0.4 is 9.47 Å². The Morgan fingerprint density at radius 2 is 1.33 bits per heavy atom. The van der Waals surface area contributed by atoms with Crippen LogP contribution in [0.5, 0.6) is 11.5 Å². The largest absolute Gasteiger partial charge is 0.497 e. The van der Waals surface area contributed by atoms with Crippen molar-refractivity contribution in [2.24, 2.45) is 0 Å². The lowest BCUT2D eigenvalue weighted by Crippen LogP contribution is -2.50. The van der Waals surface area contributed by atoms with Crippen molar-refractivity contribution in [1.29, 1.82) is 0 Å². The summed E-state index contributed by atoms with van der Waals surface area (Å²) in [6, 6.07) is 8.60. The van der Waals surface area contributed by atoms with Gasteiger partial charge in [0.05, 0.1) is 19.2 Å². The highest BCUT2D eigenvalue weighted by molar-refractivity contribution is 7.89. The lowest BCUT2D eigenvalue weighted by molar-refractivity contribution is 0.272. The number of rotatable bonds is 6. The topological polar surface area (TPSA) is 93.2 Å². The van der Waals surface area contributed by atoms with Crippen LogP contribution in [-0.4, -0.2) is 65.8 Å². The first kappa shape index (κ1) is 23.1. The van der Waals surface area contributed by atoms with Gasteiger partial charge in [-0.15, -0.1) is 0 Å². The summed E-state index contributed by atoms with van der Waals surface area (Å²) in [5.41, 5.74) is 0. The minimum atomic E-state index is -3.92. The second-order valence-electron chi connectivity index (χ2n) is 6.40. The highest BCUT2D eigenvalue weighted by Crippen LogP contribution is 2.32. The summed E-state index contributed by atoms with van der Waals surface area (Å²) in [4.78, 5) is -0.121. The molecular formula is C18H20Cl2N2O6S2. The maximum Gasteiger partial charge on any atom is 0.246 e. The summed E-state index contributed by atoms with van der Waals surface area (Å²) in [7, 11) is -4.98. The highest BCUT2D eigenvalue weighted by atomic mass is 35.5. The van der Waals surface area contributed by atoms with Gasteiger partial charge in [0.25, 0.3) is 0 Å². The molecule has 0 aliphatic carbocycles. The summed E-state index contributed by atoms with van der Waals surface area (Å²) in [5.74, 6) is 0.607. The van der Waals surface area contributed by atoms with Crippen LogP contribution in [0.3, 0.4) is 0 Å². The van der Waals surface area contributed by atoms with Gasteiger partial charge in [0.1, 0.15) is 21.3 Å². The van der Waals surface area contributed by atoms with Gasteiger partial charge in [-0.25, -0.2) is 16.8 Å². The zero-order valence-electron chi connectivity index (χ0n) is 16.2. The second kappa shape index (κ2) is 8.89. The van der Waals surface area contributed by atoms with Crippen LogP contribution in [0.25, 0.3) is 0 Å². The van der Waals surface area contributed by atoms with Crippen LogP contribution in [0.1, 0.15) is 0 Å². The molecule has 1 aliphatic heterocycles. The number of methoxy groups -OCH3 is 2. The number of hydrogen-bond acceptors (Lipinski definition) is 6. The second-order valence-corrected chi connectivity index (χ2v) is 11.1. The average molecular weight is 495 g/mol. The van der Waals surface area contributed by atoms with E-state index in [0.29, 0.717) is 5.75 Å². The van der Waals surface area contributed by atoms with E-state index in [2.05, 4.69) is 0 Å². The molecule has 164 valence electrons. The van der Waals surface area contributed by atoms with Gasteiger partial charge in [0, 0.05) is 37.3 Å². The minimum absolute atomic E-state index is 0.0139. The fourth-order valence-electron chi connectivity index (χ4n) is 3.09. The fourth-order valence-corrected chi connectivity index (χ4v) is 6.81. The first-order chi connectivity index (χ1) is 14.1. The molecule has 30 heavy (non-hydrogen) atoms. The van der Waals surface area contributed by atoms with Gasteiger partial charge in [0.15, 0.2) is 0 Å². The molecule has 1 fully saturated rings. The molecule has 0 N–H and O–H groups in total. The monoisotopic (exact) mass is 494 g/mol. The predicted molar refractivity (Wildman–Crippen MR) is 114 cm³/mol. The van der Waals surface area contributed by atoms with Gasteiger partial charge in [-0.3, -0.25) is 0 Å². The Morgan fingerprint density at radius 3 is 1.87 bits per heavy atom. The lowest BCUT2D eigenvalue weighted by atomic mass is 10.3. The van der Waals surface area contributed by atoms with E-state index < -0.39 is 20.0 Å². The van der Waals surface area contributed by atoms with Crippen molar-refractivity contribution in [3.05, 3.63) is 46.4 Å². The molecular weight excluding hydrogens is 475 g/mol. The first-order valence-corrected chi connectivity index (χ1v) is 12.4. The molecule has 1 aliphatic rings. The number of hydrogen-bond donors (Lipinski definition) is 0. The summed E-state index contributed by atoms with van der Waals surface area (Å²) in [5, 5.41) is 0.295. The Hall–Kier alpha value is -1.56. The summed E-state index contributed by atoms with van der Waals surface area (Å²) in [6.07, 6.45) is 0. The van der Waals surface area contributed by atoms with Crippen molar-refractivity contribution in [3.8, 4) is 11.5 Å². The van der Waals surface area contributed by atoms with Crippen molar-refractivity contribution < 1.29 is 26.3 Å². The van der Waals surface area contributed by atoms with Crippen LogP contribution in [0.4, 0.5) is 0 Å². The SMILES string of the molecule is COc1ccc(S(=O)(=O)N2CCN(S(=O)(=O)c3cc(Cl)ccc3Cl)CC2)c(OC)c1. The molecule has 1 heterocycles. The molecule has 0 saturated carbocycles. The van der Waals surface area contributed by atoms with Crippen molar-refractivity contribution in [3.63, 3.8) is 0 Å². The van der Waals surface area contributed by atoms with Crippen molar-refractivity contribution in [2.75, 3.05) is 40.4 Å². The van der Waals surface area contributed by atoms with E-state index in [1.165, 1.54) is 59.2 Å². The molecule has 0 spiro atoms. The van der Waals surface area contributed by atoms with Crippen LogP contribution in [-0.2, 0) is 20.0 Å². The van der Waals surface area contributed by atoms with Gasteiger partial charge >= 0.3 is 0 Å². The molecule has 1 saturated heterocycles.